The molecule has 37 heavy (non-hydrogen) atoms. The molecule has 0 amide bonds. The topological polar surface area (TPSA) is 82.7 Å². The molecular weight excluding hydrogens is 463 g/mol. The zero-order valence-corrected chi connectivity index (χ0v) is 21.3. The van der Waals surface area contributed by atoms with E-state index in [2.05, 4.69) is 24.0 Å². The number of fused-ring (bicyclic) bond motifs is 3. The van der Waals surface area contributed by atoms with Gasteiger partial charge < -0.3 is 5.11 Å². The molecule has 3 aliphatic rings. The van der Waals surface area contributed by atoms with Gasteiger partial charge in [0.1, 0.15) is 11.6 Å². The molecule has 0 saturated heterocycles. The van der Waals surface area contributed by atoms with Crippen molar-refractivity contribution in [3.63, 3.8) is 0 Å². The second-order valence-electron chi connectivity index (χ2n) is 10.9. The maximum absolute atomic E-state index is 15.2. The van der Waals surface area contributed by atoms with Gasteiger partial charge in [-0.05, 0) is 68.7 Å². The maximum atomic E-state index is 15.2. The smallest absolute Gasteiger partial charge is 0.160 e. The van der Waals surface area contributed by atoms with Gasteiger partial charge in [0, 0.05) is 45.8 Å². The Balaban J connectivity index is 1.63. The first kappa shape index (κ1) is 23.8. The van der Waals surface area contributed by atoms with Crippen LogP contribution in [0.1, 0.15) is 75.2 Å². The molecule has 6 rings (SSSR count). The summed E-state index contributed by atoms with van der Waals surface area (Å²) in [6, 6.07) is 13.1. The summed E-state index contributed by atoms with van der Waals surface area (Å²) in [5.41, 5.74) is 4.98. The second-order valence-corrected chi connectivity index (χ2v) is 10.9. The first-order valence-corrected chi connectivity index (χ1v) is 13.4. The number of halogens is 1. The van der Waals surface area contributed by atoms with Crippen LogP contribution in [0, 0.1) is 29.0 Å². The van der Waals surface area contributed by atoms with Crippen LogP contribution in [0.3, 0.4) is 0 Å². The van der Waals surface area contributed by atoms with Crippen LogP contribution in [-0.4, -0.2) is 20.1 Å². The summed E-state index contributed by atoms with van der Waals surface area (Å²) >= 11 is 0. The number of rotatable bonds is 5. The van der Waals surface area contributed by atoms with E-state index in [1.807, 2.05) is 25.3 Å². The molecule has 5 nitrogen and oxygen atoms in total. The summed E-state index contributed by atoms with van der Waals surface area (Å²) < 4.78 is 15.2. The number of aliphatic hydroxyl groups excluding tert-OH is 1. The highest BCUT2D eigenvalue weighted by atomic mass is 19.1. The van der Waals surface area contributed by atoms with Gasteiger partial charge in [-0.3, -0.25) is 4.98 Å². The van der Waals surface area contributed by atoms with Crippen LogP contribution in [0.5, 0.6) is 0 Å². The van der Waals surface area contributed by atoms with Gasteiger partial charge in [0.05, 0.1) is 23.0 Å². The van der Waals surface area contributed by atoms with E-state index in [4.69, 9.17) is 9.97 Å². The number of allylic oxidation sites excluding steroid dienone is 2. The lowest BCUT2D eigenvalue weighted by molar-refractivity contribution is 0.113. The third-order valence-corrected chi connectivity index (χ3v) is 8.73. The van der Waals surface area contributed by atoms with Crippen molar-refractivity contribution in [1.29, 1.82) is 5.26 Å². The van der Waals surface area contributed by atoms with E-state index < -0.39 is 5.41 Å². The van der Waals surface area contributed by atoms with Gasteiger partial charge in [-0.25, -0.2) is 14.4 Å². The summed E-state index contributed by atoms with van der Waals surface area (Å²) in [5.74, 6) is 0.983. The van der Waals surface area contributed by atoms with Crippen molar-refractivity contribution >= 4 is 0 Å². The van der Waals surface area contributed by atoms with Gasteiger partial charge >= 0.3 is 0 Å². The molecule has 0 unspecified atom stereocenters. The van der Waals surface area contributed by atoms with Crippen molar-refractivity contribution in [2.75, 3.05) is 0 Å². The van der Waals surface area contributed by atoms with Gasteiger partial charge in [-0.15, -0.1) is 0 Å². The number of nitriles is 1. The Labute approximate surface area is 217 Å². The highest BCUT2D eigenvalue weighted by Crippen LogP contribution is 2.56. The number of aromatic nitrogens is 3. The van der Waals surface area contributed by atoms with Crippen LogP contribution in [-0.2, 0) is 11.8 Å². The van der Waals surface area contributed by atoms with Gasteiger partial charge in [0.2, 0.25) is 0 Å². The summed E-state index contributed by atoms with van der Waals surface area (Å²) in [6.07, 6.45) is 7.85. The number of hydrogen-bond acceptors (Lipinski definition) is 5. The first-order valence-electron chi connectivity index (χ1n) is 13.4. The van der Waals surface area contributed by atoms with E-state index in [1.54, 1.807) is 12.1 Å². The number of pyridine rings is 1. The fraction of sp³-hybridized carbons (Fsp3) is 0.419. The van der Waals surface area contributed by atoms with E-state index in [0.29, 0.717) is 41.4 Å². The number of aliphatic hydroxyl groups is 1. The number of nitrogens with zero attached hydrogens (tertiary/aromatic N) is 4. The predicted octanol–water partition coefficient (Wildman–Crippen LogP) is 7.20. The molecule has 188 valence electrons. The van der Waals surface area contributed by atoms with Crippen LogP contribution >= 0.6 is 0 Å². The van der Waals surface area contributed by atoms with Crippen molar-refractivity contribution in [3.05, 3.63) is 76.7 Å². The van der Waals surface area contributed by atoms with Gasteiger partial charge in [-0.1, -0.05) is 32.4 Å². The quantitative estimate of drug-likeness (QED) is 0.406. The molecule has 1 N–H and O–H groups in total. The summed E-state index contributed by atoms with van der Waals surface area (Å²) in [7, 11) is 0. The lowest BCUT2D eigenvalue weighted by atomic mass is 9.54. The third kappa shape index (κ3) is 3.83. The Morgan fingerprint density at radius 2 is 1.97 bits per heavy atom. The summed E-state index contributed by atoms with van der Waals surface area (Å²) in [6.45, 7) is 4.18. The molecule has 0 aliphatic heterocycles. The van der Waals surface area contributed by atoms with Crippen molar-refractivity contribution < 1.29 is 9.50 Å². The van der Waals surface area contributed by atoms with Gasteiger partial charge in [0.25, 0.3) is 0 Å². The molecule has 3 aromatic rings. The Morgan fingerprint density at radius 3 is 2.70 bits per heavy atom. The normalized spacial score (nSPS) is 24.8. The minimum Gasteiger partial charge on any atom is -0.511 e. The van der Waals surface area contributed by atoms with Crippen molar-refractivity contribution in [2.24, 2.45) is 11.8 Å². The summed E-state index contributed by atoms with van der Waals surface area (Å²) in [4.78, 5) is 14.8. The minimum absolute atomic E-state index is 0.138. The molecule has 2 heterocycles. The molecule has 1 fully saturated rings. The van der Waals surface area contributed by atoms with Gasteiger partial charge in [0.15, 0.2) is 5.82 Å². The first-order chi connectivity index (χ1) is 18.0. The molecule has 2 aromatic heterocycles. The average Bonchev–Trinajstić information content (AvgIpc) is 3.77. The molecule has 3 atom stereocenters. The molecule has 0 spiro atoms. The van der Waals surface area contributed by atoms with Crippen LogP contribution in [0.4, 0.5) is 4.39 Å². The molecule has 3 aliphatic carbocycles. The minimum atomic E-state index is -0.414. The van der Waals surface area contributed by atoms with E-state index in [9.17, 15) is 10.4 Å². The van der Waals surface area contributed by atoms with E-state index >= 15 is 4.39 Å². The molecular formula is C31H31FN4O. The highest BCUT2D eigenvalue weighted by Gasteiger charge is 2.52. The van der Waals surface area contributed by atoms with E-state index in [1.165, 1.54) is 6.07 Å². The lowest BCUT2D eigenvalue weighted by Crippen LogP contribution is -2.47. The number of hydrogen-bond donors (Lipinski definition) is 1. The number of benzene rings is 1. The lowest BCUT2D eigenvalue weighted by Gasteiger charge is -2.50. The van der Waals surface area contributed by atoms with Crippen LogP contribution in [0.25, 0.3) is 22.6 Å². The maximum Gasteiger partial charge on any atom is 0.160 e. The highest BCUT2D eigenvalue weighted by molar-refractivity contribution is 5.70. The molecule has 1 aromatic carbocycles. The van der Waals surface area contributed by atoms with E-state index in [0.717, 1.165) is 54.6 Å². The predicted molar refractivity (Wildman–Crippen MR) is 140 cm³/mol. The largest absolute Gasteiger partial charge is 0.511 e. The SMILES string of the molecule is CCC[C@@]12CC(C#N)=C(O)[C@H](C)[C@H]1CCc1c(-c3ccccc3F)nc(-c3ccnc(C4CC4)c3)nc12. The van der Waals surface area contributed by atoms with Crippen molar-refractivity contribution in [1.82, 2.24) is 15.0 Å². The second kappa shape index (κ2) is 9.06. The zero-order valence-electron chi connectivity index (χ0n) is 21.3. The summed E-state index contributed by atoms with van der Waals surface area (Å²) in [5, 5.41) is 20.8. The van der Waals surface area contributed by atoms with Crippen LogP contribution in [0.15, 0.2) is 53.9 Å². The standard InChI is InChI=1S/C31H31FN4O/c1-3-13-31-16-21(17-33)28(37)18(2)24(31)11-10-23-27(22-6-4-5-7-25(22)32)35-30(36-29(23)31)20-12-14-34-26(15-20)19-8-9-19/h4-7,12,14-15,18-19,24,37H,3,8-11,13,16H2,1-2H3/t18-,24-,31-/m1/s1. The van der Waals surface area contributed by atoms with Crippen LogP contribution < -0.4 is 0 Å². The fourth-order valence-electron chi connectivity index (χ4n) is 6.83. The molecule has 6 heteroatoms. The van der Waals surface area contributed by atoms with Crippen LogP contribution in [0.2, 0.25) is 0 Å². The Bertz CT molecular complexity index is 1450. The van der Waals surface area contributed by atoms with Crippen molar-refractivity contribution in [3.8, 4) is 28.7 Å². The van der Waals surface area contributed by atoms with E-state index in [-0.39, 0.29) is 23.4 Å². The molecule has 0 radical (unpaired) electrons. The Kier molecular flexibility index (Phi) is 5.82. The fourth-order valence-corrected chi connectivity index (χ4v) is 6.83. The van der Waals surface area contributed by atoms with Gasteiger partial charge in [-0.2, -0.15) is 5.26 Å². The third-order valence-electron chi connectivity index (χ3n) is 8.73. The monoisotopic (exact) mass is 494 g/mol. The molecule has 1 saturated carbocycles. The Morgan fingerprint density at radius 1 is 1.16 bits per heavy atom. The average molecular weight is 495 g/mol. The van der Waals surface area contributed by atoms with Crippen molar-refractivity contribution in [2.45, 2.75) is 70.1 Å². The Hall–Kier alpha value is -3.59. The molecule has 0 bridgehead atoms. The zero-order chi connectivity index (χ0) is 25.7.